The molecule has 186 valence electrons. The Hall–Kier alpha value is -3.58. The van der Waals surface area contributed by atoms with E-state index in [1.807, 2.05) is 24.3 Å². The van der Waals surface area contributed by atoms with E-state index in [-0.39, 0.29) is 10.9 Å². The van der Waals surface area contributed by atoms with Crippen LogP contribution in [0.4, 0.5) is 16.3 Å². The molecule has 0 fully saturated rings. The second-order valence-electron chi connectivity index (χ2n) is 7.46. The molecule has 0 aliphatic rings. The monoisotopic (exact) mass is 620 g/mol. The summed E-state index contributed by atoms with van der Waals surface area (Å²) in [5, 5.41) is 3.10. The van der Waals surface area contributed by atoms with E-state index in [2.05, 4.69) is 44.5 Å². The van der Waals surface area contributed by atoms with Crippen LogP contribution in [0.2, 0.25) is 5.02 Å². The minimum atomic E-state index is -0.494. The zero-order chi connectivity index (χ0) is 26.0. The van der Waals surface area contributed by atoms with E-state index >= 15 is 0 Å². The lowest BCUT2D eigenvalue weighted by atomic mass is 10.1. The molecule has 4 rings (SSSR count). The predicted octanol–water partition coefficient (Wildman–Crippen LogP) is 5.32. The average Bonchev–Trinajstić information content (AvgIpc) is 2.89. The summed E-state index contributed by atoms with van der Waals surface area (Å²) in [6, 6.07) is 10.2. The molecule has 0 spiro atoms. The molecule has 36 heavy (non-hydrogen) atoms. The number of carbonyl (C=O) groups excluding carboxylic acids is 2. The lowest BCUT2D eigenvalue weighted by molar-refractivity contribution is 0.0947. The molecule has 0 unspecified atom stereocenters. The first kappa shape index (κ1) is 25.5. The van der Waals surface area contributed by atoms with Crippen molar-refractivity contribution in [3.8, 4) is 17.3 Å². The highest BCUT2D eigenvalue weighted by Crippen LogP contribution is 2.42. The van der Waals surface area contributed by atoms with Crippen LogP contribution in [-0.2, 0) is 4.43 Å². The van der Waals surface area contributed by atoms with Gasteiger partial charge in [0.05, 0.1) is 30.9 Å². The molecule has 1 N–H and O–H groups in total. The first-order valence-electron chi connectivity index (χ1n) is 10.6. The van der Waals surface area contributed by atoms with Gasteiger partial charge in [0, 0.05) is 29.2 Å². The van der Waals surface area contributed by atoms with Gasteiger partial charge in [-0.15, -0.1) is 0 Å². The zero-order valence-electron chi connectivity index (χ0n) is 19.7. The van der Waals surface area contributed by atoms with Gasteiger partial charge < -0.3 is 14.8 Å². The lowest BCUT2D eigenvalue weighted by Gasteiger charge is -2.25. The zero-order valence-corrected chi connectivity index (χ0v) is 22.6. The number of hydrogen-bond donors (Lipinski definition) is 1. The SMILES string of the molecule is C=CC(=O)n1c2ccccc2n1-c1cc(N(C)C(=O)Nc2c(Cl)c(OC)cc(OC)c2CI)ncn1. The van der Waals surface area contributed by atoms with Gasteiger partial charge in [-0.2, -0.15) is 0 Å². The number of carbonyl (C=O) groups is 2. The summed E-state index contributed by atoms with van der Waals surface area (Å²) >= 11 is 8.69. The van der Waals surface area contributed by atoms with Crippen LogP contribution in [0.25, 0.3) is 16.9 Å². The number of urea groups is 1. The molecule has 0 radical (unpaired) electrons. The number of nitrogens with one attached hydrogen (secondary N) is 1. The standard InChI is InChI=1S/C24H22ClIN6O4/c1-5-21(33)32-16-9-7-6-8-15(16)31(32)20-11-19(27-13-28-20)30(2)24(34)29-23-14(12-26)17(35-3)10-18(36-4)22(23)25/h5-11,13H,1,12H2,2-4H3,(H,29,34). The third kappa shape index (κ3) is 4.39. The Balaban J connectivity index is 1.69. The van der Waals surface area contributed by atoms with Crippen molar-refractivity contribution in [3.05, 3.63) is 66.0 Å². The first-order chi connectivity index (χ1) is 17.4. The number of ether oxygens (including phenoxy) is 2. The summed E-state index contributed by atoms with van der Waals surface area (Å²) in [7, 11) is 4.58. The molecular weight excluding hydrogens is 599 g/mol. The van der Waals surface area contributed by atoms with E-state index in [4.69, 9.17) is 21.1 Å². The Morgan fingerprint density at radius 2 is 1.86 bits per heavy atom. The number of halogens is 2. The number of rotatable bonds is 7. The Labute approximate surface area is 225 Å². The predicted molar refractivity (Wildman–Crippen MR) is 147 cm³/mol. The number of alkyl halides is 1. The third-order valence-electron chi connectivity index (χ3n) is 5.53. The number of aromatic nitrogens is 4. The van der Waals surface area contributed by atoms with Crippen LogP contribution in [0.1, 0.15) is 10.4 Å². The number of fused-ring (bicyclic) bond motifs is 1. The van der Waals surface area contributed by atoms with Crippen molar-refractivity contribution in [2.24, 2.45) is 0 Å². The molecule has 2 aromatic carbocycles. The largest absolute Gasteiger partial charge is 0.496 e. The van der Waals surface area contributed by atoms with Crippen molar-refractivity contribution in [2.45, 2.75) is 4.43 Å². The molecule has 0 aliphatic carbocycles. The van der Waals surface area contributed by atoms with Crippen LogP contribution in [0, 0.1) is 0 Å². The number of hydrogen-bond acceptors (Lipinski definition) is 6. The number of allylic oxidation sites excluding steroid dienone is 1. The Morgan fingerprint density at radius 1 is 1.17 bits per heavy atom. The normalized spacial score (nSPS) is 10.8. The quantitative estimate of drug-likeness (QED) is 0.170. The Bertz CT molecular complexity index is 1480. The summed E-state index contributed by atoms with van der Waals surface area (Å²) in [5.41, 5.74) is 2.60. The molecule has 2 amide bonds. The van der Waals surface area contributed by atoms with Crippen LogP contribution in [0.3, 0.4) is 0 Å². The van der Waals surface area contributed by atoms with Crippen molar-refractivity contribution in [2.75, 3.05) is 31.5 Å². The molecule has 0 atom stereocenters. The average molecular weight is 621 g/mol. The number of anilines is 2. The van der Waals surface area contributed by atoms with E-state index in [0.717, 1.165) is 11.0 Å². The van der Waals surface area contributed by atoms with Gasteiger partial charge in [-0.25, -0.2) is 24.1 Å². The topological polar surface area (TPSA) is 104 Å². The fraction of sp³-hybridized carbons (Fsp3) is 0.167. The molecule has 0 bridgehead atoms. The summed E-state index contributed by atoms with van der Waals surface area (Å²) < 4.78 is 14.4. The number of amides is 2. The molecule has 2 heterocycles. The van der Waals surface area contributed by atoms with E-state index in [1.54, 1.807) is 23.9 Å². The van der Waals surface area contributed by atoms with Gasteiger partial charge in [-0.3, -0.25) is 9.69 Å². The minimum absolute atomic E-state index is 0.255. The van der Waals surface area contributed by atoms with Crippen LogP contribution in [0.5, 0.6) is 11.5 Å². The van der Waals surface area contributed by atoms with Gasteiger partial charge in [0.15, 0.2) is 5.82 Å². The van der Waals surface area contributed by atoms with Gasteiger partial charge >= 0.3 is 6.03 Å². The van der Waals surface area contributed by atoms with E-state index in [0.29, 0.717) is 38.8 Å². The van der Waals surface area contributed by atoms with Crippen LogP contribution in [0.15, 0.2) is 55.4 Å². The minimum Gasteiger partial charge on any atom is -0.496 e. The van der Waals surface area contributed by atoms with Crippen LogP contribution in [-0.4, -0.2) is 52.5 Å². The van der Waals surface area contributed by atoms with Gasteiger partial charge in [0.2, 0.25) is 0 Å². The summed E-state index contributed by atoms with van der Waals surface area (Å²) in [6.45, 7) is 3.58. The van der Waals surface area contributed by atoms with Gasteiger partial charge in [0.1, 0.15) is 28.7 Å². The first-order valence-corrected chi connectivity index (χ1v) is 12.5. The second kappa shape index (κ2) is 10.6. The van der Waals surface area contributed by atoms with Gasteiger partial charge in [0.25, 0.3) is 5.91 Å². The fourth-order valence-corrected chi connectivity index (χ4v) is 4.75. The van der Waals surface area contributed by atoms with Crippen LogP contribution < -0.4 is 19.7 Å². The van der Waals surface area contributed by atoms with E-state index < -0.39 is 6.03 Å². The smallest absolute Gasteiger partial charge is 0.327 e. The van der Waals surface area contributed by atoms with Gasteiger partial charge in [-0.05, 0) is 18.2 Å². The molecule has 0 saturated heterocycles. The van der Waals surface area contributed by atoms with E-state index in [9.17, 15) is 9.59 Å². The summed E-state index contributed by atoms with van der Waals surface area (Å²) in [4.78, 5) is 35.6. The van der Waals surface area contributed by atoms with Crippen LogP contribution >= 0.6 is 34.2 Å². The number of nitrogens with zero attached hydrogens (tertiary/aromatic N) is 5. The van der Waals surface area contributed by atoms with Crippen molar-refractivity contribution in [3.63, 3.8) is 0 Å². The third-order valence-corrected chi connectivity index (χ3v) is 6.67. The fourth-order valence-electron chi connectivity index (χ4n) is 3.70. The highest BCUT2D eigenvalue weighted by molar-refractivity contribution is 14.1. The molecular formula is C24H22ClIN6O4. The Kier molecular flexibility index (Phi) is 7.50. The van der Waals surface area contributed by atoms with Crippen molar-refractivity contribution < 1.29 is 19.1 Å². The maximum atomic E-state index is 13.2. The molecule has 10 nitrogen and oxygen atoms in total. The van der Waals surface area contributed by atoms with Crippen molar-refractivity contribution in [1.82, 2.24) is 19.3 Å². The van der Waals surface area contributed by atoms with E-state index in [1.165, 1.54) is 36.2 Å². The second-order valence-corrected chi connectivity index (χ2v) is 8.60. The molecule has 0 aliphatic heterocycles. The molecule has 0 saturated carbocycles. The highest BCUT2D eigenvalue weighted by Gasteiger charge is 2.24. The van der Waals surface area contributed by atoms with Crippen molar-refractivity contribution in [1.29, 1.82) is 0 Å². The maximum Gasteiger partial charge on any atom is 0.327 e. The Morgan fingerprint density at radius 3 is 2.50 bits per heavy atom. The number of methoxy groups -OCH3 is 2. The summed E-state index contributed by atoms with van der Waals surface area (Å²) in [5.74, 6) is 1.30. The molecule has 2 aromatic heterocycles. The number of para-hydroxylation sites is 2. The number of benzene rings is 2. The molecule has 4 aromatic rings. The highest BCUT2D eigenvalue weighted by atomic mass is 127. The summed E-state index contributed by atoms with van der Waals surface area (Å²) in [6.07, 6.45) is 2.55. The van der Waals surface area contributed by atoms with Crippen molar-refractivity contribution >= 4 is 68.7 Å². The lowest BCUT2D eigenvalue weighted by Crippen LogP contribution is -2.33. The van der Waals surface area contributed by atoms with Gasteiger partial charge in [-0.1, -0.05) is 52.9 Å². The molecule has 12 heteroatoms. The maximum absolute atomic E-state index is 13.2.